The van der Waals surface area contributed by atoms with Gasteiger partial charge in [-0.2, -0.15) is 4.39 Å². The second kappa shape index (κ2) is 6.68. The Labute approximate surface area is 105 Å². The summed E-state index contributed by atoms with van der Waals surface area (Å²) in [7, 11) is 1.56. The first-order chi connectivity index (χ1) is 8.54. The highest BCUT2D eigenvalue weighted by Crippen LogP contribution is 2.04. The second-order valence-corrected chi connectivity index (χ2v) is 3.65. The molecule has 0 aliphatic rings. The molecule has 0 saturated heterocycles. The van der Waals surface area contributed by atoms with Crippen LogP contribution in [0.2, 0.25) is 0 Å². The summed E-state index contributed by atoms with van der Waals surface area (Å²) in [6, 6.07) is 2.47. The molecule has 1 rings (SSSR count). The first kappa shape index (κ1) is 14.1. The molecule has 0 aromatic carbocycles. The summed E-state index contributed by atoms with van der Waals surface area (Å²) < 4.78 is 17.3. The SMILES string of the molecule is CCOC(=O)CCN(C)C(=O)c1ccc(F)nc1. The van der Waals surface area contributed by atoms with Gasteiger partial charge in [-0.05, 0) is 19.1 Å². The van der Waals surface area contributed by atoms with Gasteiger partial charge in [0.1, 0.15) is 0 Å². The highest BCUT2D eigenvalue weighted by molar-refractivity contribution is 5.93. The molecule has 0 fully saturated rings. The Bertz CT molecular complexity index is 420. The van der Waals surface area contributed by atoms with Crippen LogP contribution in [0.4, 0.5) is 4.39 Å². The van der Waals surface area contributed by atoms with Gasteiger partial charge < -0.3 is 9.64 Å². The lowest BCUT2D eigenvalue weighted by Crippen LogP contribution is -2.29. The van der Waals surface area contributed by atoms with E-state index in [2.05, 4.69) is 4.98 Å². The summed E-state index contributed by atoms with van der Waals surface area (Å²) in [6.07, 6.45) is 1.29. The van der Waals surface area contributed by atoms with Crippen molar-refractivity contribution < 1.29 is 18.7 Å². The summed E-state index contributed by atoms with van der Waals surface area (Å²) in [6.45, 7) is 2.28. The van der Waals surface area contributed by atoms with E-state index in [0.29, 0.717) is 6.61 Å². The number of carbonyl (C=O) groups excluding carboxylic acids is 2. The molecule has 18 heavy (non-hydrogen) atoms. The molecule has 6 heteroatoms. The Morgan fingerprint density at radius 1 is 1.44 bits per heavy atom. The lowest BCUT2D eigenvalue weighted by atomic mass is 10.2. The molecule has 0 atom stereocenters. The molecule has 0 radical (unpaired) electrons. The maximum Gasteiger partial charge on any atom is 0.307 e. The number of carbonyl (C=O) groups is 2. The smallest absolute Gasteiger partial charge is 0.307 e. The number of esters is 1. The van der Waals surface area contributed by atoms with Crippen molar-refractivity contribution in [3.63, 3.8) is 0 Å². The molecular formula is C12H15FN2O3. The van der Waals surface area contributed by atoms with Gasteiger partial charge >= 0.3 is 5.97 Å². The van der Waals surface area contributed by atoms with E-state index in [1.807, 2.05) is 0 Å². The quantitative estimate of drug-likeness (QED) is 0.586. The molecule has 0 unspecified atom stereocenters. The lowest BCUT2D eigenvalue weighted by Gasteiger charge is -2.16. The van der Waals surface area contributed by atoms with Crippen LogP contribution in [0.15, 0.2) is 18.3 Å². The Morgan fingerprint density at radius 2 is 2.17 bits per heavy atom. The number of ether oxygens (including phenoxy) is 1. The van der Waals surface area contributed by atoms with E-state index in [1.165, 1.54) is 17.2 Å². The molecule has 1 aromatic heterocycles. The van der Waals surface area contributed by atoms with Crippen LogP contribution in [0.1, 0.15) is 23.7 Å². The predicted molar refractivity (Wildman–Crippen MR) is 62.4 cm³/mol. The van der Waals surface area contributed by atoms with E-state index in [1.54, 1.807) is 14.0 Å². The average Bonchev–Trinajstić information content (AvgIpc) is 2.36. The van der Waals surface area contributed by atoms with Crippen LogP contribution in [0.3, 0.4) is 0 Å². The number of hydrogen-bond acceptors (Lipinski definition) is 4. The van der Waals surface area contributed by atoms with Crippen molar-refractivity contribution in [1.82, 2.24) is 9.88 Å². The third kappa shape index (κ3) is 4.12. The zero-order valence-electron chi connectivity index (χ0n) is 10.4. The first-order valence-electron chi connectivity index (χ1n) is 5.57. The molecule has 0 N–H and O–H groups in total. The minimum absolute atomic E-state index is 0.130. The van der Waals surface area contributed by atoms with Crippen LogP contribution in [-0.4, -0.2) is 42.0 Å². The summed E-state index contributed by atoms with van der Waals surface area (Å²) in [5.74, 6) is -1.30. The Hall–Kier alpha value is -1.98. The van der Waals surface area contributed by atoms with Crippen LogP contribution >= 0.6 is 0 Å². The summed E-state index contributed by atoms with van der Waals surface area (Å²) in [5, 5.41) is 0. The van der Waals surface area contributed by atoms with Crippen molar-refractivity contribution in [3.05, 3.63) is 29.8 Å². The van der Waals surface area contributed by atoms with E-state index in [4.69, 9.17) is 4.74 Å². The molecular weight excluding hydrogens is 239 g/mol. The van der Waals surface area contributed by atoms with Crippen molar-refractivity contribution in [2.24, 2.45) is 0 Å². The van der Waals surface area contributed by atoms with Gasteiger partial charge in [-0.1, -0.05) is 0 Å². The lowest BCUT2D eigenvalue weighted by molar-refractivity contribution is -0.143. The monoisotopic (exact) mass is 254 g/mol. The normalized spacial score (nSPS) is 9.94. The number of amides is 1. The number of aromatic nitrogens is 1. The van der Waals surface area contributed by atoms with Gasteiger partial charge in [0.2, 0.25) is 5.95 Å². The average molecular weight is 254 g/mol. The molecule has 1 heterocycles. The second-order valence-electron chi connectivity index (χ2n) is 3.65. The van der Waals surface area contributed by atoms with Crippen LogP contribution in [0.25, 0.3) is 0 Å². The third-order valence-corrected chi connectivity index (χ3v) is 2.28. The van der Waals surface area contributed by atoms with Crippen LogP contribution in [0, 0.1) is 5.95 Å². The van der Waals surface area contributed by atoms with Crippen LogP contribution in [0.5, 0.6) is 0 Å². The Kier molecular flexibility index (Phi) is 5.23. The fourth-order valence-electron chi connectivity index (χ4n) is 1.32. The zero-order chi connectivity index (χ0) is 13.5. The van der Waals surface area contributed by atoms with Crippen LogP contribution < -0.4 is 0 Å². The van der Waals surface area contributed by atoms with Crippen molar-refractivity contribution in [1.29, 1.82) is 0 Å². The van der Waals surface area contributed by atoms with Crippen molar-refractivity contribution in [2.75, 3.05) is 20.2 Å². The van der Waals surface area contributed by atoms with Gasteiger partial charge in [0.05, 0.1) is 18.6 Å². The largest absolute Gasteiger partial charge is 0.466 e. The van der Waals surface area contributed by atoms with E-state index < -0.39 is 5.95 Å². The summed E-state index contributed by atoms with van der Waals surface area (Å²) in [5.41, 5.74) is 0.280. The predicted octanol–water partition coefficient (Wildman–Crippen LogP) is 1.25. The van der Waals surface area contributed by atoms with Gasteiger partial charge in [0.15, 0.2) is 0 Å². The van der Waals surface area contributed by atoms with Gasteiger partial charge in [-0.15, -0.1) is 0 Å². The Morgan fingerprint density at radius 3 is 2.72 bits per heavy atom. The highest BCUT2D eigenvalue weighted by atomic mass is 19.1. The fraction of sp³-hybridized carbons (Fsp3) is 0.417. The van der Waals surface area contributed by atoms with E-state index >= 15 is 0 Å². The topological polar surface area (TPSA) is 59.5 Å². The number of pyridine rings is 1. The Balaban J connectivity index is 2.51. The first-order valence-corrected chi connectivity index (χ1v) is 5.57. The molecule has 0 aliphatic heterocycles. The number of hydrogen-bond donors (Lipinski definition) is 0. The molecule has 5 nitrogen and oxygen atoms in total. The van der Waals surface area contributed by atoms with Gasteiger partial charge in [0.25, 0.3) is 5.91 Å². The number of nitrogens with zero attached hydrogens (tertiary/aromatic N) is 2. The van der Waals surface area contributed by atoms with Gasteiger partial charge in [-0.25, -0.2) is 4.98 Å². The minimum atomic E-state index is -0.638. The third-order valence-electron chi connectivity index (χ3n) is 2.28. The van der Waals surface area contributed by atoms with Crippen molar-refractivity contribution in [3.8, 4) is 0 Å². The molecule has 1 aromatic rings. The summed E-state index contributed by atoms with van der Waals surface area (Å²) in [4.78, 5) is 27.7. The van der Waals surface area contributed by atoms with Crippen LogP contribution in [-0.2, 0) is 9.53 Å². The van der Waals surface area contributed by atoms with E-state index in [0.717, 1.165) is 6.07 Å². The molecule has 0 aliphatic carbocycles. The molecule has 0 spiro atoms. The van der Waals surface area contributed by atoms with E-state index in [9.17, 15) is 14.0 Å². The van der Waals surface area contributed by atoms with Gasteiger partial charge in [0, 0.05) is 19.8 Å². The van der Waals surface area contributed by atoms with Gasteiger partial charge in [-0.3, -0.25) is 9.59 Å². The molecule has 98 valence electrons. The fourth-order valence-corrected chi connectivity index (χ4v) is 1.32. The summed E-state index contributed by atoms with van der Waals surface area (Å²) >= 11 is 0. The maximum atomic E-state index is 12.6. The standard InChI is InChI=1S/C12H15FN2O3/c1-3-18-11(16)6-7-15(2)12(17)9-4-5-10(13)14-8-9/h4-5,8H,3,6-7H2,1-2H3. The molecule has 1 amide bonds. The van der Waals surface area contributed by atoms with Crippen molar-refractivity contribution >= 4 is 11.9 Å². The maximum absolute atomic E-state index is 12.6. The zero-order valence-corrected chi connectivity index (χ0v) is 10.4. The number of rotatable bonds is 5. The minimum Gasteiger partial charge on any atom is -0.466 e. The molecule has 0 bridgehead atoms. The van der Waals surface area contributed by atoms with E-state index in [-0.39, 0.29) is 30.4 Å². The molecule has 0 saturated carbocycles. The highest BCUT2D eigenvalue weighted by Gasteiger charge is 2.13. The number of halogens is 1. The van der Waals surface area contributed by atoms with Crippen molar-refractivity contribution in [2.45, 2.75) is 13.3 Å².